The van der Waals surface area contributed by atoms with Crippen LogP contribution in [0.25, 0.3) is 0 Å². The second kappa shape index (κ2) is 6.90. The Morgan fingerprint density at radius 2 is 1.90 bits per heavy atom. The Morgan fingerprint density at radius 3 is 2.62 bits per heavy atom. The van der Waals surface area contributed by atoms with Crippen LogP contribution >= 0.6 is 11.3 Å². The minimum atomic E-state index is -0.412. The molecule has 6 heteroatoms. The maximum atomic E-state index is 12.0. The SMILES string of the molecule is COC(=O)c1ccc(NC(=O)Cc2ccccc2OC)s1. The van der Waals surface area contributed by atoms with E-state index in [2.05, 4.69) is 10.1 Å². The quantitative estimate of drug-likeness (QED) is 0.863. The predicted molar refractivity (Wildman–Crippen MR) is 81.0 cm³/mol. The van der Waals surface area contributed by atoms with Crippen molar-refractivity contribution in [2.75, 3.05) is 19.5 Å². The minimum Gasteiger partial charge on any atom is -0.496 e. The molecule has 1 N–H and O–H groups in total. The first-order valence-corrected chi connectivity index (χ1v) is 7.05. The zero-order valence-corrected chi connectivity index (χ0v) is 12.5. The maximum absolute atomic E-state index is 12.0. The third-order valence-electron chi connectivity index (χ3n) is 2.80. The lowest BCUT2D eigenvalue weighted by Gasteiger charge is -2.07. The molecule has 0 radical (unpaired) electrons. The van der Waals surface area contributed by atoms with Gasteiger partial charge in [0.05, 0.1) is 25.6 Å². The molecular formula is C15H15NO4S. The van der Waals surface area contributed by atoms with Crippen LogP contribution in [0.2, 0.25) is 0 Å². The average Bonchev–Trinajstić information content (AvgIpc) is 2.95. The van der Waals surface area contributed by atoms with Crippen LogP contribution in [-0.4, -0.2) is 26.1 Å². The maximum Gasteiger partial charge on any atom is 0.348 e. The molecule has 110 valence electrons. The van der Waals surface area contributed by atoms with E-state index < -0.39 is 5.97 Å². The molecule has 0 saturated heterocycles. The van der Waals surface area contributed by atoms with E-state index in [0.29, 0.717) is 15.6 Å². The Labute approximate surface area is 126 Å². The molecule has 0 unspecified atom stereocenters. The summed E-state index contributed by atoms with van der Waals surface area (Å²) < 4.78 is 9.83. The fourth-order valence-electron chi connectivity index (χ4n) is 1.82. The number of para-hydroxylation sites is 1. The second-order valence-electron chi connectivity index (χ2n) is 4.19. The van der Waals surface area contributed by atoms with Gasteiger partial charge in [-0.05, 0) is 18.2 Å². The summed E-state index contributed by atoms with van der Waals surface area (Å²) in [7, 11) is 2.89. The first-order valence-electron chi connectivity index (χ1n) is 6.24. The van der Waals surface area contributed by atoms with Gasteiger partial charge in [-0.25, -0.2) is 4.79 Å². The van der Waals surface area contributed by atoms with E-state index in [0.717, 1.165) is 5.56 Å². The summed E-state index contributed by atoms with van der Waals surface area (Å²) in [4.78, 5) is 23.8. The monoisotopic (exact) mass is 305 g/mol. The average molecular weight is 305 g/mol. The molecule has 0 saturated carbocycles. The topological polar surface area (TPSA) is 64.6 Å². The molecule has 1 aromatic heterocycles. The largest absolute Gasteiger partial charge is 0.496 e. The standard InChI is InChI=1S/C15H15NO4S/c1-19-11-6-4-3-5-10(11)9-13(17)16-14-8-7-12(21-14)15(18)20-2/h3-8H,9H2,1-2H3,(H,16,17). The zero-order valence-electron chi connectivity index (χ0n) is 11.7. The fourth-order valence-corrected chi connectivity index (χ4v) is 2.66. The molecule has 21 heavy (non-hydrogen) atoms. The molecule has 1 aromatic carbocycles. The lowest BCUT2D eigenvalue weighted by Crippen LogP contribution is -2.14. The Morgan fingerprint density at radius 1 is 1.14 bits per heavy atom. The fraction of sp³-hybridized carbons (Fsp3) is 0.200. The number of carbonyl (C=O) groups is 2. The van der Waals surface area contributed by atoms with Gasteiger partial charge in [0.2, 0.25) is 5.91 Å². The number of esters is 1. The van der Waals surface area contributed by atoms with Gasteiger partial charge < -0.3 is 14.8 Å². The third-order valence-corrected chi connectivity index (χ3v) is 3.78. The highest BCUT2D eigenvalue weighted by atomic mass is 32.1. The third kappa shape index (κ3) is 3.82. The first kappa shape index (κ1) is 15.1. The van der Waals surface area contributed by atoms with E-state index in [1.165, 1.54) is 18.4 Å². The van der Waals surface area contributed by atoms with Crippen molar-refractivity contribution in [3.63, 3.8) is 0 Å². The number of ether oxygens (including phenoxy) is 2. The van der Waals surface area contributed by atoms with E-state index in [1.54, 1.807) is 19.2 Å². The molecule has 1 heterocycles. The zero-order chi connectivity index (χ0) is 15.2. The van der Waals surface area contributed by atoms with Crippen LogP contribution in [0.5, 0.6) is 5.75 Å². The van der Waals surface area contributed by atoms with Gasteiger partial charge in [-0.3, -0.25) is 4.79 Å². The number of hydrogen-bond acceptors (Lipinski definition) is 5. The van der Waals surface area contributed by atoms with Gasteiger partial charge in [0.15, 0.2) is 0 Å². The van der Waals surface area contributed by atoms with Crippen molar-refractivity contribution in [3.05, 3.63) is 46.8 Å². The number of benzene rings is 1. The summed E-state index contributed by atoms with van der Waals surface area (Å²) in [6, 6.07) is 10.6. The lowest BCUT2D eigenvalue weighted by atomic mass is 10.1. The van der Waals surface area contributed by atoms with Gasteiger partial charge in [-0.1, -0.05) is 18.2 Å². The summed E-state index contributed by atoms with van der Waals surface area (Å²) >= 11 is 1.18. The van der Waals surface area contributed by atoms with Gasteiger partial charge in [-0.2, -0.15) is 0 Å². The van der Waals surface area contributed by atoms with Crippen molar-refractivity contribution in [2.45, 2.75) is 6.42 Å². The predicted octanol–water partition coefficient (Wildman–Crippen LogP) is 2.72. The van der Waals surface area contributed by atoms with E-state index in [4.69, 9.17) is 4.74 Å². The van der Waals surface area contributed by atoms with Crippen LogP contribution in [0.15, 0.2) is 36.4 Å². The summed E-state index contributed by atoms with van der Waals surface area (Å²) in [6.07, 6.45) is 0.204. The molecule has 0 aliphatic carbocycles. The number of hydrogen-bond donors (Lipinski definition) is 1. The number of thiophene rings is 1. The van der Waals surface area contributed by atoms with Crippen LogP contribution in [0.4, 0.5) is 5.00 Å². The summed E-state index contributed by atoms with van der Waals surface area (Å²) in [5, 5.41) is 3.36. The smallest absolute Gasteiger partial charge is 0.348 e. The van der Waals surface area contributed by atoms with Gasteiger partial charge in [0.25, 0.3) is 0 Å². The van der Waals surface area contributed by atoms with E-state index in [1.807, 2.05) is 24.3 Å². The number of nitrogens with one attached hydrogen (secondary N) is 1. The summed E-state index contributed by atoms with van der Waals surface area (Å²) in [5.74, 6) is 0.0945. The van der Waals surface area contributed by atoms with Crippen LogP contribution in [0, 0.1) is 0 Å². The number of methoxy groups -OCH3 is 2. The van der Waals surface area contributed by atoms with Crippen molar-refractivity contribution in [3.8, 4) is 5.75 Å². The molecule has 0 atom stereocenters. The molecule has 0 bridgehead atoms. The highest BCUT2D eigenvalue weighted by molar-refractivity contribution is 7.18. The van der Waals surface area contributed by atoms with Crippen LogP contribution in [0.1, 0.15) is 15.2 Å². The van der Waals surface area contributed by atoms with E-state index >= 15 is 0 Å². The van der Waals surface area contributed by atoms with Crippen LogP contribution in [0.3, 0.4) is 0 Å². The van der Waals surface area contributed by atoms with Crippen molar-refractivity contribution in [1.82, 2.24) is 0 Å². The van der Waals surface area contributed by atoms with Gasteiger partial charge >= 0.3 is 5.97 Å². The molecule has 5 nitrogen and oxygen atoms in total. The summed E-state index contributed by atoms with van der Waals surface area (Å²) in [6.45, 7) is 0. The Bertz CT molecular complexity index is 651. The van der Waals surface area contributed by atoms with Crippen LogP contribution in [-0.2, 0) is 16.0 Å². The van der Waals surface area contributed by atoms with E-state index in [9.17, 15) is 9.59 Å². The molecule has 0 aliphatic heterocycles. The minimum absolute atomic E-state index is 0.169. The molecule has 2 aromatic rings. The molecule has 0 aliphatic rings. The van der Waals surface area contributed by atoms with Crippen molar-refractivity contribution in [1.29, 1.82) is 0 Å². The van der Waals surface area contributed by atoms with Gasteiger partial charge in [-0.15, -0.1) is 11.3 Å². The Balaban J connectivity index is 2.01. The molecule has 1 amide bonds. The Hall–Kier alpha value is -2.34. The number of carbonyl (C=O) groups excluding carboxylic acids is 2. The van der Waals surface area contributed by atoms with Crippen molar-refractivity contribution < 1.29 is 19.1 Å². The van der Waals surface area contributed by atoms with Crippen molar-refractivity contribution >= 4 is 28.2 Å². The summed E-state index contributed by atoms with van der Waals surface area (Å²) in [5.41, 5.74) is 0.808. The highest BCUT2D eigenvalue weighted by Crippen LogP contribution is 2.23. The molecule has 0 fully saturated rings. The normalized spacial score (nSPS) is 10.0. The lowest BCUT2D eigenvalue weighted by molar-refractivity contribution is -0.115. The molecule has 0 spiro atoms. The van der Waals surface area contributed by atoms with Gasteiger partial charge in [0, 0.05) is 5.56 Å². The number of amides is 1. The molecule has 2 rings (SSSR count). The number of rotatable bonds is 5. The highest BCUT2D eigenvalue weighted by Gasteiger charge is 2.12. The van der Waals surface area contributed by atoms with Gasteiger partial charge in [0.1, 0.15) is 10.6 Å². The Kier molecular flexibility index (Phi) is 4.94. The van der Waals surface area contributed by atoms with Crippen LogP contribution < -0.4 is 10.1 Å². The van der Waals surface area contributed by atoms with Crippen molar-refractivity contribution in [2.24, 2.45) is 0 Å². The number of anilines is 1. The van der Waals surface area contributed by atoms with E-state index in [-0.39, 0.29) is 12.3 Å². The second-order valence-corrected chi connectivity index (χ2v) is 5.28. The molecular weight excluding hydrogens is 290 g/mol. The first-order chi connectivity index (χ1) is 10.1.